The van der Waals surface area contributed by atoms with Crippen molar-refractivity contribution in [1.29, 1.82) is 0 Å². The number of fused-ring (bicyclic) bond motifs is 5. The minimum Gasteiger partial charge on any atom is -0.537 e. The fourth-order valence-corrected chi connectivity index (χ4v) is 8.11. The Kier molecular flexibility index (Phi) is 14.4. The molecule has 10 aromatic carbocycles. The van der Waals surface area contributed by atoms with Crippen molar-refractivity contribution in [1.82, 2.24) is 0 Å². The minimum atomic E-state index is -1.47. The summed E-state index contributed by atoms with van der Waals surface area (Å²) in [6.45, 7) is 2.13. The normalized spacial score (nSPS) is 10.7. The summed E-state index contributed by atoms with van der Waals surface area (Å²) in [5.74, 6) is 1.68. The van der Waals surface area contributed by atoms with Gasteiger partial charge in [0.1, 0.15) is 17.2 Å². The van der Waals surface area contributed by atoms with Crippen LogP contribution in [0.3, 0.4) is 0 Å². The highest BCUT2D eigenvalue weighted by atomic mass is 16.5. The molecule has 0 aliphatic rings. The van der Waals surface area contributed by atoms with Crippen LogP contribution in [0.4, 0.5) is 0 Å². The van der Waals surface area contributed by atoms with Crippen LogP contribution < -0.4 is 24.9 Å². The van der Waals surface area contributed by atoms with Crippen molar-refractivity contribution in [2.75, 3.05) is 0 Å². The van der Waals surface area contributed by atoms with Gasteiger partial charge >= 0.3 is 37.3 Å². The van der Waals surface area contributed by atoms with E-state index in [0.29, 0.717) is 43.5 Å². The summed E-state index contributed by atoms with van der Waals surface area (Å²) in [6.07, 6.45) is 0. The number of hydrogen-bond acceptors (Lipinski definition) is 10. The lowest BCUT2D eigenvalue weighted by Gasteiger charge is -2.19. The van der Waals surface area contributed by atoms with Gasteiger partial charge in [-0.05, 0) is 142 Å². The minimum absolute atomic E-state index is 0.440. The maximum atomic E-state index is 9.20. The van der Waals surface area contributed by atoms with Gasteiger partial charge in [-0.2, -0.15) is 0 Å². The van der Waals surface area contributed by atoms with Crippen LogP contribution in [0.2, 0.25) is 0 Å². The van der Waals surface area contributed by atoms with E-state index in [-0.39, 0.29) is 0 Å². The summed E-state index contributed by atoms with van der Waals surface area (Å²) >= 11 is 0. The third-order valence-electron chi connectivity index (χ3n) is 11.2. The first-order valence-corrected chi connectivity index (χ1v) is 20.9. The Hall–Kier alpha value is -7.06. The van der Waals surface area contributed by atoms with Crippen LogP contribution in [0.15, 0.2) is 182 Å². The molecule has 66 heavy (non-hydrogen) atoms. The first kappa shape index (κ1) is 45.5. The molecule has 10 nitrogen and oxygen atoms in total. The summed E-state index contributed by atoms with van der Waals surface area (Å²) in [6, 6.07) is 58.6. The van der Waals surface area contributed by atoms with Crippen LogP contribution in [0.25, 0.3) is 76.1 Å². The summed E-state index contributed by atoms with van der Waals surface area (Å²) < 4.78 is 15.1. The molecule has 10 rings (SSSR count). The van der Waals surface area contributed by atoms with E-state index < -0.39 is 14.2 Å². The van der Waals surface area contributed by atoms with Gasteiger partial charge in [-0.1, -0.05) is 139 Å². The molecule has 0 aromatic heterocycles. The highest BCUT2D eigenvalue weighted by Gasteiger charge is 2.18. The van der Waals surface area contributed by atoms with Crippen molar-refractivity contribution in [2.45, 2.75) is 6.92 Å². The number of hydrogen-bond donors (Lipinski definition) is 7. The van der Waals surface area contributed by atoms with E-state index in [0.717, 1.165) is 56.3 Å². The molecule has 10 aromatic rings. The second-order valence-electron chi connectivity index (χ2n) is 15.4. The van der Waals surface area contributed by atoms with Crippen molar-refractivity contribution in [3.63, 3.8) is 0 Å². The molecule has 0 heterocycles. The Labute approximate surface area is 383 Å². The topological polar surface area (TPSA) is 169 Å². The van der Waals surface area contributed by atoms with Crippen molar-refractivity contribution in [2.24, 2.45) is 0 Å². The second-order valence-corrected chi connectivity index (χ2v) is 15.4. The van der Waals surface area contributed by atoms with Crippen molar-refractivity contribution in [3.8, 4) is 39.5 Å². The largest absolute Gasteiger partial charge is 0.569 e. The van der Waals surface area contributed by atoms with Crippen LogP contribution in [0.5, 0.6) is 17.2 Å². The average molecular weight is 867 g/mol. The fourth-order valence-electron chi connectivity index (χ4n) is 8.11. The van der Waals surface area contributed by atoms with Gasteiger partial charge in [-0.25, -0.2) is 0 Å². The van der Waals surface area contributed by atoms with E-state index in [9.17, 15) is 10.0 Å². The van der Waals surface area contributed by atoms with Gasteiger partial charge in [0, 0.05) is 0 Å². The first-order valence-electron chi connectivity index (χ1n) is 20.9. The average Bonchev–Trinajstić information content (AvgIpc) is 3.33. The van der Waals surface area contributed by atoms with Crippen LogP contribution in [0.1, 0.15) is 5.56 Å². The van der Waals surface area contributed by atoms with Crippen LogP contribution >= 0.6 is 0 Å². The van der Waals surface area contributed by atoms with Crippen molar-refractivity contribution in [3.05, 3.63) is 188 Å². The molecule has 0 unspecified atom stereocenters. The molecule has 0 saturated heterocycles. The zero-order valence-corrected chi connectivity index (χ0v) is 35.6. The van der Waals surface area contributed by atoms with Crippen LogP contribution in [-0.4, -0.2) is 72.5 Å². The third kappa shape index (κ3) is 10.2. The van der Waals surface area contributed by atoms with E-state index >= 15 is 0 Å². The van der Waals surface area contributed by atoms with E-state index in [1.165, 1.54) is 33.0 Å². The van der Waals surface area contributed by atoms with Gasteiger partial charge in [0.15, 0.2) is 0 Å². The highest BCUT2D eigenvalue weighted by molar-refractivity contribution is 6.59. The predicted molar refractivity (Wildman–Crippen MR) is 268 cm³/mol. The Balaban J connectivity index is 0.000000143. The fraction of sp³-hybridized carbons (Fsp3) is 0.0196. The maximum Gasteiger partial charge on any atom is 0.569 e. The summed E-state index contributed by atoms with van der Waals surface area (Å²) in [4.78, 5) is 0. The van der Waals surface area contributed by atoms with Crippen LogP contribution in [-0.2, 0) is 0 Å². The lowest BCUT2D eigenvalue weighted by atomic mass is 9.79. The zero-order valence-electron chi connectivity index (χ0n) is 35.6. The first-order chi connectivity index (χ1) is 32.1. The standard InChI is InChI=1S/C27H20BO2.C14H11B2O4.C10H9B2O4/c1-18-12-14-22-24(16-18)26(19-8-4-2-5-9-19)23-15-13-21(30-28-29)17-25(23)27(22)20-10-6-3-7-11-20;17-15-20-14-4-2-10-5-11-7-13(16(18)19)3-1-9(11)6-12(10)8-14;13-11-16-10-4-2-7-5-9(12(14)15)3-1-8(7)6-10/h2-17,29H,1H3;1-8,17-19H;1-6,13-15H. The van der Waals surface area contributed by atoms with E-state index in [1.54, 1.807) is 54.6 Å². The molecule has 0 amide bonds. The zero-order chi connectivity index (χ0) is 46.2. The number of rotatable bonds is 10. The SMILES string of the molecule is Cc1ccc2c(-c3ccccc3)c3cc(O[B]O)ccc3c(-c3ccccc3)c2c1.O[B]Oc1ccc2cc(B(O)O)ccc2c1.O[B]Oc1ccc2cc3cc(B(O)O)ccc3cc2c1. The Morgan fingerprint density at radius 1 is 0.348 bits per heavy atom. The summed E-state index contributed by atoms with van der Waals surface area (Å²) in [5, 5.41) is 73.1. The molecule has 7 N–H and O–H groups in total. The molecule has 319 valence electrons. The molecule has 0 atom stereocenters. The Morgan fingerprint density at radius 2 is 0.727 bits per heavy atom. The third-order valence-corrected chi connectivity index (χ3v) is 11.2. The molecule has 15 heteroatoms. The van der Waals surface area contributed by atoms with Gasteiger partial charge in [0.05, 0.1) is 0 Å². The number of benzene rings is 10. The second kappa shape index (κ2) is 20.8. The quantitative estimate of drug-likeness (QED) is 0.0592. The van der Waals surface area contributed by atoms with Gasteiger partial charge in [0.2, 0.25) is 0 Å². The van der Waals surface area contributed by atoms with E-state index in [4.69, 9.17) is 39.1 Å². The molecule has 0 aliphatic carbocycles. The van der Waals surface area contributed by atoms with Crippen LogP contribution in [0, 0.1) is 6.92 Å². The van der Waals surface area contributed by atoms with Crippen molar-refractivity contribution < 1.29 is 49.1 Å². The van der Waals surface area contributed by atoms with Gasteiger partial charge in [-0.3, -0.25) is 0 Å². The molecular weight excluding hydrogens is 827 g/mol. The monoisotopic (exact) mass is 867 g/mol. The Morgan fingerprint density at radius 3 is 1.23 bits per heavy atom. The summed E-state index contributed by atoms with van der Waals surface area (Å²) in [7, 11) is -0.937. The Bertz CT molecular complexity index is 3290. The van der Waals surface area contributed by atoms with Gasteiger partial charge in [0.25, 0.3) is 0 Å². The molecule has 3 radical (unpaired) electrons. The van der Waals surface area contributed by atoms with Crippen molar-refractivity contribution >= 4 is 102 Å². The highest BCUT2D eigenvalue weighted by Crippen LogP contribution is 2.45. The lowest BCUT2D eigenvalue weighted by molar-refractivity contribution is 0.424. The molecule has 0 saturated carbocycles. The van der Waals surface area contributed by atoms with E-state index in [2.05, 4.69) is 79.7 Å². The molecule has 0 bridgehead atoms. The predicted octanol–water partition coefficient (Wildman–Crippen LogP) is 6.54. The lowest BCUT2D eigenvalue weighted by Crippen LogP contribution is -2.29. The van der Waals surface area contributed by atoms with Gasteiger partial charge < -0.3 is 49.1 Å². The molecule has 0 aliphatic heterocycles. The van der Waals surface area contributed by atoms with E-state index in [1.807, 2.05) is 54.6 Å². The maximum absolute atomic E-state index is 9.20. The molecule has 0 fully saturated rings. The molecule has 0 spiro atoms. The molecular formula is C51H40B5O10. The van der Waals surface area contributed by atoms with Gasteiger partial charge in [-0.15, -0.1) is 0 Å². The number of aryl methyl sites for hydroxylation is 1. The summed E-state index contributed by atoms with van der Waals surface area (Å²) in [5.41, 5.74) is 6.85. The smallest absolute Gasteiger partial charge is 0.537 e.